The summed E-state index contributed by atoms with van der Waals surface area (Å²) in [7, 11) is 0. The second-order valence-electron chi connectivity index (χ2n) is 9.09. The molecule has 1 aromatic heterocycles. The average Bonchev–Trinajstić information content (AvgIpc) is 3.51. The van der Waals surface area contributed by atoms with Crippen molar-refractivity contribution in [1.29, 1.82) is 0 Å². The number of aromatic nitrogens is 2. The lowest BCUT2D eigenvalue weighted by Crippen LogP contribution is -2.46. The number of benzene rings is 2. The summed E-state index contributed by atoms with van der Waals surface area (Å²) in [5.41, 5.74) is 7.12. The Balaban J connectivity index is 1.30. The maximum Gasteiger partial charge on any atom is 0.254 e. The van der Waals surface area contributed by atoms with Gasteiger partial charge in [0.1, 0.15) is 0 Å². The molecule has 3 aromatic rings. The molecule has 0 bridgehead atoms. The van der Waals surface area contributed by atoms with E-state index < -0.39 is 0 Å². The van der Waals surface area contributed by atoms with E-state index in [1.807, 2.05) is 18.2 Å². The van der Waals surface area contributed by atoms with Crippen LogP contribution in [0.4, 0.5) is 0 Å². The number of nitrogens with zero attached hydrogens (tertiary/aromatic N) is 2. The maximum atomic E-state index is 13.4. The van der Waals surface area contributed by atoms with E-state index in [2.05, 4.69) is 33.1 Å². The van der Waals surface area contributed by atoms with Crippen LogP contribution in [-0.4, -0.2) is 33.4 Å². The van der Waals surface area contributed by atoms with Gasteiger partial charge in [-0.3, -0.25) is 4.79 Å². The summed E-state index contributed by atoms with van der Waals surface area (Å²) in [4.78, 5) is 23.0. The smallest absolute Gasteiger partial charge is 0.254 e. The lowest BCUT2D eigenvalue weighted by Gasteiger charge is -2.38. The van der Waals surface area contributed by atoms with Crippen LogP contribution in [0, 0.1) is 0 Å². The predicted octanol–water partition coefficient (Wildman–Crippen LogP) is 5.17. The highest BCUT2D eigenvalue weighted by Gasteiger charge is 2.41. The largest absolute Gasteiger partial charge is 0.345 e. The number of carbonyl (C=O) groups excluding carboxylic acids is 1. The number of rotatable bonds is 2. The van der Waals surface area contributed by atoms with E-state index in [0.29, 0.717) is 12.0 Å². The van der Waals surface area contributed by atoms with Crippen molar-refractivity contribution < 1.29 is 4.79 Å². The standard InChI is InChI=1S/C25H27N3O/c29-25(19-9-10-22-23(13-19)27-15-26-22)28-11-3-6-20-21-12-17(16-4-1-2-5-16)7-8-18(21)14-24(20)28/h7-10,12-13,15-16,20,24H,1-6,11,14H2,(H,26,27)/t20-,24+/m0/s1. The van der Waals surface area contributed by atoms with Crippen molar-refractivity contribution in [2.45, 2.75) is 62.8 Å². The number of hydrogen-bond donors (Lipinski definition) is 1. The fraction of sp³-hybridized carbons (Fsp3) is 0.440. The van der Waals surface area contributed by atoms with Gasteiger partial charge in [-0.05, 0) is 72.9 Å². The van der Waals surface area contributed by atoms with Gasteiger partial charge in [-0.2, -0.15) is 0 Å². The van der Waals surface area contributed by atoms with E-state index in [9.17, 15) is 4.79 Å². The van der Waals surface area contributed by atoms with E-state index in [-0.39, 0.29) is 5.91 Å². The quantitative estimate of drug-likeness (QED) is 0.662. The van der Waals surface area contributed by atoms with E-state index >= 15 is 0 Å². The molecule has 2 aliphatic carbocycles. The van der Waals surface area contributed by atoms with E-state index in [0.717, 1.165) is 41.9 Å². The topological polar surface area (TPSA) is 49.0 Å². The summed E-state index contributed by atoms with van der Waals surface area (Å²) in [6.07, 6.45) is 10.4. The molecular formula is C25H27N3O. The van der Waals surface area contributed by atoms with Gasteiger partial charge in [-0.15, -0.1) is 0 Å². The van der Waals surface area contributed by atoms with Gasteiger partial charge in [-0.1, -0.05) is 31.0 Å². The second-order valence-corrected chi connectivity index (χ2v) is 9.09. The Kier molecular flexibility index (Phi) is 4.00. The lowest BCUT2D eigenvalue weighted by atomic mass is 9.86. The highest BCUT2D eigenvalue weighted by Crippen LogP contribution is 2.45. The summed E-state index contributed by atoms with van der Waals surface area (Å²) in [5.74, 6) is 1.41. The van der Waals surface area contributed by atoms with Crippen LogP contribution in [0.2, 0.25) is 0 Å². The minimum absolute atomic E-state index is 0.161. The van der Waals surface area contributed by atoms with Gasteiger partial charge in [0.25, 0.3) is 5.91 Å². The van der Waals surface area contributed by atoms with E-state index in [4.69, 9.17) is 0 Å². The van der Waals surface area contributed by atoms with Gasteiger partial charge >= 0.3 is 0 Å². The first kappa shape index (κ1) is 17.3. The zero-order valence-corrected chi connectivity index (χ0v) is 16.7. The number of imidazole rings is 1. The minimum atomic E-state index is 0.161. The molecule has 6 rings (SSSR count). The van der Waals surface area contributed by atoms with Gasteiger partial charge in [0.15, 0.2) is 0 Å². The number of aromatic amines is 1. The summed E-state index contributed by atoms with van der Waals surface area (Å²) < 4.78 is 0. The Labute approximate surface area is 171 Å². The van der Waals surface area contributed by atoms with Gasteiger partial charge in [0.05, 0.1) is 17.4 Å². The van der Waals surface area contributed by atoms with Crippen molar-refractivity contribution in [3.63, 3.8) is 0 Å². The molecule has 1 saturated heterocycles. The summed E-state index contributed by atoms with van der Waals surface area (Å²) in [5, 5.41) is 0. The summed E-state index contributed by atoms with van der Waals surface area (Å²) in [6.45, 7) is 0.863. The Bertz CT molecular complexity index is 1080. The van der Waals surface area contributed by atoms with Crippen LogP contribution in [0.1, 0.15) is 77.4 Å². The van der Waals surface area contributed by atoms with Crippen LogP contribution in [0.25, 0.3) is 11.0 Å². The first-order valence-corrected chi connectivity index (χ1v) is 11.1. The fourth-order valence-corrected chi connectivity index (χ4v) is 6.04. The van der Waals surface area contributed by atoms with Crippen LogP contribution in [-0.2, 0) is 6.42 Å². The monoisotopic (exact) mass is 385 g/mol. The molecular weight excluding hydrogens is 358 g/mol. The fourth-order valence-electron chi connectivity index (χ4n) is 6.04. The average molecular weight is 386 g/mol. The number of carbonyl (C=O) groups is 1. The molecule has 1 saturated carbocycles. The lowest BCUT2D eigenvalue weighted by molar-refractivity contribution is 0.0595. The van der Waals surface area contributed by atoms with Gasteiger partial charge < -0.3 is 9.88 Å². The third-order valence-electron chi connectivity index (χ3n) is 7.53. The molecule has 2 heterocycles. The van der Waals surface area contributed by atoms with Crippen molar-refractivity contribution in [2.24, 2.45) is 0 Å². The number of H-pyrrole nitrogens is 1. The molecule has 2 atom stereocenters. The Morgan fingerprint density at radius 1 is 1.03 bits per heavy atom. The van der Waals surface area contributed by atoms with Crippen LogP contribution in [0.3, 0.4) is 0 Å². The summed E-state index contributed by atoms with van der Waals surface area (Å²) in [6, 6.07) is 13.4. The van der Waals surface area contributed by atoms with Crippen molar-refractivity contribution >= 4 is 16.9 Å². The normalized spacial score (nSPS) is 24.1. The molecule has 2 aromatic carbocycles. The number of piperidine rings is 1. The molecule has 29 heavy (non-hydrogen) atoms. The second kappa shape index (κ2) is 6.72. The Morgan fingerprint density at radius 2 is 1.93 bits per heavy atom. The van der Waals surface area contributed by atoms with E-state index in [1.165, 1.54) is 48.8 Å². The van der Waals surface area contributed by atoms with Crippen LogP contribution >= 0.6 is 0 Å². The van der Waals surface area contributed by atoms with Gasteiger partial charge in [-0.25, -0.2) is 4.98 Å². The van der Waals surface area contributed by atoms with E-state index in [1.54, 1.807) is 6.33 Å². The zero-order chi connectivity index (χ0) is 19.4. The SMILES string of the molecule is O=C(c1ccc2[nH]cnc2c1)N1CCC[C@H]2c3cc(C4CCCC4)ccc3C[C@H]21. The third kappa shape index (κ3) is 2.80. The molecule has 3 aliphatic rings. The third-order valence-corrected chi connectivity index (χ3v) is 7.53. The van der Waals surface area contributed by atoms with Crippen LogP contribution in [0.5, 0.6) is 0 Å². The maximum absolute atomic E-state index is 13.4. The molecule has 148 valence electrons. The first-order chi connectivity index (χ1) is 14.3. The Morgan fingerprint density at radius 3 is 2.83 bits per heavy atom. The first-order valence-electron chi connectivity index (χ1n) is 11.1. The highest BCUT2D eigenvalue weighted by molar-refractivity contribution is 5.97. The van der Waals surface area contributed by atoms with Crippen molar-refractivity contribution in [2.75, 3.05) is 6.54 Å². The molecule has 0 unspecified atom stereocenters. The zero-order valence-electron chi connectivity index (χ0n) is 16.7. The molecule has 0 radical (unpaired) electrons. The number of nitrogens with one attached hydrogen (secondary N) is 1. The van der Waals surface area contributed by atoms with Crippen molar-refractivity contribution in [1.82, 2.24) is 14.9 Å². The molecule has 1 amide bonds. The van der Waals surface area contributed by atoms with Crippen molar-refractivity contribution in [3.8, 4) is 0 Å². The van der Waals surface area contributed by atoms with Crippen LogP contribution in [0.15, 0.2) is 42.7 Å². The number of likely N-dealkylation sites (tertiary alicyclic amines) is 1. The number of hydrogen-bond acceptors (Lipinski definition) is 2. The summed E-state index contributed by atoms with van der Waals surface area (Å²) >= 11 is 0. The molecule has 4 heteroatoms. The number of fused-ring (bicyclic) bond motifs is 4. The molecule has 2 fully saturated rings. The molecule has 1 N–H and O–H groups in total. The van der Waals surface area contributed by atoms with Gasteiger partial charge in [0, 0.05) is 24.1 Å². The van der Waals surface area contributed by atoms with Crippen LogP contribution < -0.4 is 0 Å². The molecule has 1 aliphatic heterocycles. The predicted molar refractivity (Wildman–Crippen MR) is 114 cm³/mol. The molecule has 4 nitrogen and oxygen atoms in total. The minimum Gasteiger partial charge on any atom is -0.345 e. The molecule has 0 spiro atoms. The van der Waals surface area contributed by atoms with Gasteiger partial charge in [0.2, 0.25) is 0 Å². The number of amides is 1. The highest BCUT2D eigenvalue weighted by atomic mass is 16.2. The van der Waals surface area contributed by atoms with Crippen molar-refractivity contribution in [3.05, 3.63) is 65.0 Å². The Hall–Kier alpha value is -2.62.